The molecule has 2 amide bonds. The van der Waals surface area contributed by atoms with Gasteiger partial charge in [0.1, 0.15) is 0 Å². The lowest BCUT2D eigenvalue weighted by Gasteiger charge is -2.34. The average Bonchev–Trinajstić information content (AvgIpc) is 3.23. The third kappa shape index (κ3) is 5.45. The van der Waals surface area contributed by atoms with Crippen LogP contribution in [0.2, 0.25) is 0 Å². The van der Waals surface area contributed by atoms with Crippen molar-refractivity contribution in [2.75, 3.05) is 38.3 Å². The number of hydrogen-bond acceptors (Lipinski definition) is 5. The molecule has 2 aromatic carbocycles. The number of amides is 2. The number of piperidine rings is 1. The molecule has 1 fully saturated rings. The summed E-state index contributed by atoms with van der Waals surface area (Å²) in [5.74, 6) is 1.60. The number of nitrogens with one attached hydrogen (secondary N) is 1. The van der Waals surface area contributed by atoms with Crippen LogP contribution in [0.5, 0.6) is 11.5 Å². The van der Waals surface area contributed by atoms with E-state index in [0.717, 1.165) is 45.3 Å². The highest BCUT2D eigenvalue weighted by Gasteiger charge is 2.30. The zero-order valence-corrected chi connectivity index (χ0v) is 20.8. The molecule has 7 nitrogen and oxygen atoms in total. The molecule has 1 N–H and O–H groups in total. The highest BCUT2D eigenvalue weighted by molar-refractivity contribution is 5.91. The van der Waals surface area contributed by atoms with E-state index in [9.17, 15) is 9.59 Å². The molecule has 3 aliphatic rings. The lowest BCUT2D eigenvalue weighted by molar-refractivity contribution is -0.138. The Hall–Kier alpha value is -3.06. The van der Waals surface area contributed by atoms with E-state index in [4.69, 9.17) is 9.47 Å². The number of likely N-dealkylation sites (tertiary alicyclic amines) is 1. The van der Waals surface area contributed by atoms with E-state index in [-0.39, 0.29) is 24.5 Å². The molecule has 5 rings (SSSR count). The van der Waals surface area contributed by atoms with Gasteiger partial charge in [0, 0.05) is 44.4 Å². The fourth-order valence-electron chi connectivity index (χ4n) is 5.42. The lowest BCUT2D eigenvalue weighted by Crippen LogP contribution is -2.45. The number of ether oxygens (including phenoxy) is 2. The van der Waals surface area contributed by atoms with Crippen molar-refractivity contribution in [3.63, 3.8) is 0 Å². The second-order valence-electron chi connectivity index (χ2n) is 10.1. The second kappa shape index (κ2) is 10.3. The number of nitrogens with zero attached hydrogens (tertiary/aromatic N) is 2. The Kier molecular flexibility index (Phi) is 6.95. The molecule has 3 aliphatic heterocycles. The summed E-state index contributed by atoms with van der Waals surface area (Å²) in [6.07, 6.45) is 4.36. The Morgan fingerprint density at radius 1 is 1.00 bits per heavy atom. The molecule has 0 aromatic heterocycles. The summed E-state index contributed by atoms with van der Waals surface area (Å²) in [5, 5.41) is 2.95. The maximum atomic E-state index is 13.5. The van der Waals surface area contributed by atoms with Crippen LogP contribution >= 0.6 is 0 Å². The van der Waals surface area contributed by atoms with Crippen LogP contribution in [0.3, 0.4) is 0 Å². The molecule has 0 radical (unpaired) electrons. The SMILES string of the molecule is Cc1cc2c(cc1C)CN(C(=O)C1CCCN(CCC(=O)Nc3ccc4c(c3)OCO4)C1)CCC2. The summed E-state index contributed by atoms with van der Waals surface area (Å²) in [6, 6.07) is 9.99. The van der Waals surface area contributed by atoms with Gasteiger partial charge in [0.25, 0.3) is 0 Å². The summed E-state index contributed by atoms with van der Waals surface area (Å²) < 4.78 is 10.7. The lowest BCUT2D eigenvalue weighted by atomic mass is 9.95. The summed E-state index contributed by atoms with van der Waals surface area (Å²) in [5.41, 5.74) is 6.02. The molecule has 0 spiro atoms. The fraction of sp³-hybridized carbons (Fsp3) is 0.500. The predicted molar refractivity (Wildman–Crippen MR) is 135 cm³/mol. The van der Waals surface area contributed by atoms with Gasteiger partial charge in [-0.25, -0.2) is 0 Å². The van der Waals surface area contributed by atoms with Crippen LogP contribution in [0.1, 0.15) is 47.9 Å². The van der Waals surface area contributed by atoms with Crippen LogP contribution in [0, 0.1) is 19.8 Å². The Morgan fingerprint density at radius 2 is 1.80 bits per heavy atom. The second-order valence-corrected chi connectivity index (χ2v) is 10.1. The van der Waals surface area contributed by atoms with Gasteiger partial charge in [0.2, 0.25) is 18.6 Å². The van der Waals surface area contributed by atoms with Gasteiger partial charge in [0.15, 0.2) is 11.5 Å². The van der Waals surface area contributed by atoms with Crippen LogP contribution in [0.25, 0.3) is 0 Å². The van der Waals surface area contributed by atoms with Gasteiger partial charge in [0.05, 0.1) is 5.92 Å². The first-order valence-electron chi connectivity index (χ1n) is 12.8. The van der Waals surface area contributed by atoms with Crippen molar-refractivity contribution in [2.45, 2.75) is 52.5 Å². The molecule has 1 unspecified atom stereocenters. The largest absolute Gasteiger partial charge is 0.454 e. The van der Waals surface area contributed by atoms with Crippen molar-refractivity contribution in [2.24, 2.45) is 5.92 Å². The number of fused-ring (bicyclic) bond motifs is 2. The van der Waals surface area contributed by atoms with Crippen LogP contribution < -0.4 is 14.8 Å². The van der Waals surface area contributed by atoms with Gasteiger partial charge >= 0.3 is 0 Å². The molecule has 7 heteroatoms. The molecule has 1 saturated heterocycles. The minimum absolute atomic E-state index is 0.00812. The molecule has 0 saturated carbocycles. The number of aryl methyl sites for hydroxylation is 3. The van der Waals surface area contributed by atoms with E-state index in [2.05, 4.69) is 41.1 Å². The summed E-state index contributed by atoms with van der Waals surface area (Å²) in [7, 11) is 0. The zero-order valence-electron chi connectivity index (χ0n) is 20.8. The zero-order chi connectivity index (χ0) is 24.4. The third-order valence-electron chi connectivity index (χ3n) is 7.53. The van der Waals surface area contributed by atoms with Gasteiger partial charge in [-0.3, -0.25) is 9.59 Å². The first-order valence-corrected chi connectivity index (χ1v) is 12.8. The van der Waals surface area contributed by atoms with Crippen LogP contribution in [0.4, 0.5) is 5.69 Å². The van der Waals surface area contributed by atoms with Crippen LogP contribution in [0.15, 0.2) is 30.3 Å². The van der Waals surface area contributed by atoms with Gasteiger partial charge < -0.3 is 24.6 Å². The topological polar surface area (TPSA) is 71.1 Å². The van der Waals surface area contributed by atoms with Gasteiger partial charge in [-0.2, -0.15) is 0 Å². The highest BCUT2D eigenvalue weighted by atomic mass is 16.7. The molecule has 0 bridgehead atoms. The first-order chi connectivity index (χ1) is 17.0. The Bertz CT molecular complexity index is 1120. The van der Waals surface area contributed by atoms with Crippen molar-refractivity contribution < 1.29 is 19.1 Å². The Labute approximate surface area is 207 Å². The highest BCUT2D eigenvalue weighted by Crippen LogP contribution is 2.34. The van der Waals surface area contributed by atoms with E-state index in [0.29, 0.717) is 36.7 Å². The molecule has 2 aromatic rings. The van der Waals surface area contributed by atoms with Crippen molar-refractivity contribution in [1.29, 1.82) is 0 Å². The van der Waals surface area contributed by atoms with Gasteiger partial charge in [-0.15, -0.1) is 0 Å². The number of anilines is 1. The summed E-state index contributed by atoms with van der Waals surface area (Å²) >= 11 is 0. The average molecular weight is 478 g/mol. The number of hydrogen-bond donors (Lipinski definition) is 1. The van der Waals surface area contributed by atoms with E-state index >= 15 is 0 Å². The quantitative estimate of drug-likeness (QED) is 0.704. The number of carbonyl (C=O) groups is 2. The molecule has 186 valence electrons. The smallest absolute Gasteiger partial charge is 0.231 e. The van der Waals surface area contributed by atoms with Crippen molar-refractivity contribution in [3.8, 4) is 11.5 Å². The molecule has 0 aliphatic carbocycles. The van der Waals surface area contributed by atoms with E-state index in [1.54, 1.807) is 6.07 Å². The molecule has 1 atom stereocenters. The Morgan fingerprint density at radius 3 is 2.66 bits per heavy atom. The number of carbonyl (C=O) groups excluding carboxylic acids is 2. The first kappa shape index (κ1) is 23.7. The number of rotatable bonds is 5. The number of benzene rings is 2. The summed E-state index contributed by atoms with van der Waals surface area (Å²) in [4.78, 5) is 30.4. The third-order valence-corrected chi connectivity index (χ3v) is 7.53. The van der Waals surface area contributed by atoms with Gasteiger partial charge in [-0.05, 0) is 80.5 Å². The van der Waals surface area contributed by atoms with E-state index in [1.165, 1.54) is 22.3 Å². The molecule has 35 heavy (non-hydrogen) atoms. The minimum Gasteiger partial charge on any atom is -0.454 e. The standard InChI is InChI=1S/C28H35N3O4/c1-19-13-21-5-4-11-31(17-23(21)14-20(19)2)28(33)22-6-3-10-30(16-22)12-9-27(32)29-24-7-8-25-26(15-24)35-18-34-25/h7-8,13-15,22H,3-6,9-12,16-18H2,1-2H3,(H,29,32). The maximum Gasteiger partial charge on any atom is 0.231 e. The van der Waals surface area contributed by atoms with Crippen molar-refractivity contribution >= 4 is 17.5 Å². The van der Waals surface area contributed by atoms with Crippen LogP contribution in [-0.2, 0) is 22.6 Å². The molecular weight excluding hydrogens is 442 g/mol. The summed E-state index contributed by atoms with van der Waals surface area (Å²) in [6.45, 7) is 8.37. The van der Waals surface area contributed by atoms with E-state index < -0.39 is 0 Å². The van der Waals surface area contributed by atoms with Crippen molar-refractivity contribution in [3.05, 3.63) is 52.6 Å². The monoisotopic (exact) mass is 477 g/mol. The van der Waals surface area contributed by atoms with E-state index in [1.807, 2.05) is 12.1 Å². The fourth-order valence-corrected chi connectivity index (χ4v) is 5.42. The predicted octanol–water partition coefficient (Wildman–Crippen LogP) is 4.05. The normalized spacial score (nSPS) is 19.7. The maximum absolute atomic E-state index is 13.5. The molecule has 3 heterocycles. The van der Waals surface area contributed by atoms with Crippen molar-refractivity contribution in [1.82, 2.24) is 9.80 Å². The minimum atomic E-state index is -0.0351. The van der Waals surface area contributed by atoms with Crippen LogP contribution in [-0.4, -0.2) is 54.6 Å². The Balaban J connectivity index is 1.14. The van der Waals surface area contributed by atoms with Gasteiger partial charge in [-0.1, -0.05) is 12.1 Å². The molecular formula is C28H35N3O4.